The minimum absolute atomic E-state index is 0.0201. The Labute approximate surface area is 446 Å². The number of nitrogens with one attached hydrogen (secondary N) is 4. The lowest BCUT2D eigenvalue weighted by Crippen LogP contribution is -2.53. The summed E-state index contributed by atoms with van der Waals surface area (Å²) in [7, 11) is 0. The summed E-state index contributed by atoms with van der Waals surface area (Å²) in [5.74, 6) is 3.53. The van der Waals surface area contributed by atoms with Crippen molar-refractivity contribution in [1.29, 1.82) is 0 Å². The van der Waals surface area contributed by atoms with Crippen LogP contribution in [0, 0.1) is 68.3 Å². The molecule has 2 aromatic carbocycles. The van der Waals surface area contributed by atoms with Crippen LogP contribution in [0.2, 0.25) is 0 Å². The average Bonchev–Trinajstić information content (AvgIpc) is 3.72. The van der Waals surface area contributed by atoms with Gasteiger partial charge < -0.3 is 35.5 Å². The highest BCUT2D eigenvalue weighted by atomic mass is 16.7. The predicted octanol–water partition coefficient (Wildman–Crippen LogP) is 12.0. The Morgan fingerprint density at radius 1 is 0.747 bits per heavy atom. The molecule has 0 spiro atoms. The number of hydrogen-bond donors (Lipinski definition) is 4. The number of rotatable bonds is 26. The molecule has 2 aromatic rings. The quantitative estimate of drug-likeness (QED) is 0.0175. The Morgan fingerprint density at radius 2 is 1.43 bits per heavy atom. The van der Waals surface area contributed by atoms with Crippen LogP contribution in [-0.4, -0.2) is 66.0 Å². The fourth-order valence-corrected chi connectivity index (χ4v) is 13.4. The number of allylic oxidation sites excluding steroid dienone is 1. The molecule has 1 unspecified atom stereocenters. The Morgan fingerprint density at radius 3 is 2.09 bits per heavy atom. The molecule has 0 radical (unpaired) electrons. The highest BCUT2D eigenvalue weighted by Crippen LogP contribution is 2.67. The van der Waals surface area contributed by atoms with Crippen molar-refractivity contribution in [1.82, 2.24) is 16.0 Å². The Kier molecular flexibility index (Phi) is 21.3. The molecule has 75 heavy (non-hydrogen) atoms. The molecule has 0 saturated heterocycles. The number of nitro groups is 1. The minimum atomic E-state index is -0.991. The molecule has 4 aliphatic rings. The maximum absolute atomic E-state index is 13.7. The summed E-state index contributed by atoms with van der Waals surface area (Å²) in [5, 5.41) is 22.3. The van der Waals surface area contributed by atoms with E-state index in [-0.39, 0.29) is 60.1 Å². The van der Waals surface area contributed by atoms with Gasteiger partial charge in [-0.2, -0.15) is 0 Å². The molecule has 414 valence electrons. The summed E-state index contributed by atoms with van der Waals surface area (Å²) >= 11 is 0. The third-order valence-corrected chi connectivity index (χ3v) is 17.4. The average molecular weight is 1040 g/mol. The molecule has 0 heterocycles. The molecular weight excluding hydrogens is 951 g/mol. The predicted molar refractivity (Wildman–Crippen MR) is 291 cm³/mol. The lowest BCUT2D eigenvalue weighted by molar-refractivity contribution is -0.384. The van der Waals surface area contributed by atoms with Gasteiger partial charge in [0.15, 0.2) is 0 Å². The topological polar surface area (TPSA) is 204 Å². The molecule has 6 rings (SSSR count). The van der Waals surface area contributed by atoms with Gasteiger partial charge in [0.25, 0.3) is 5.69 Å². The summed E-state index contributed by atoms with van der Waals surface area (Å²) in [5.41, 5.74) is 3.30. The van der Waals surface area contributed by atoms with Crippen molar-refractivity contribution in [3.63, 3.8) is 0 Å². The molecule has 3 saturated carbocycles. The Balaban J connectivity index is 0.885. The minimum Gasteiger partial charge on any atom is -0.429 e. The number of benzene rings is 2. The van der Waals surface area contributed by atoms with E-state index in [1.165, 1.54) is 82.1 Å². The first kappa shape index (κ1) is 58.9. The van der Waals surface area contributed by atoms with Crippen molar-refractivity contribution >= 4 is 41.2 Å². The van der Waals surface area contributed by atoms with Crippen molar-refractivity contribution < 1.29 is 43.1 Å². The van der Waals surface area contributed by atoms with Crippen LogP contribution in [-0.2, 0) is 35.3 Å². The first-order valence-electron chi connectivity index (χ1n) is 28.3. The number of nitro benzene ring substituents is 1. The SMILES string of the molecule is CC(C)CCC[C@@H](C)[C@H]1CC[C@H]2[C@@H]3CC=C4CC(OCCCNC(=O)CCC(=O)N[C@@H](CC(C)C)C(=O)N[C@@H](CC(C)C)C(=O)Nc5ccc(COC(=O)Oc6ccc([N+](=O)[O-])cc6)cc5)CC[C@]4(C)[C@H]3CC[C@]12C. The van der Waals surface area contributed by atoms with Gasteiger partial charge in [-0.05, 0) is 159 Å². The Hall–Kier alpha value is -5.31. The largest absolute Gasteiger partial charge is 0.514 e. The van der Waals surface area contributed by atoms with Gasteiger partial charge in [-0.3, -0.25) is 29.3 Å². The van der Waals surface area contributed by atoms with E-state index in [4.69, 9.17) is 14.2 Å². The molecule has 15 heteroatoms. The number of carbonyl (C=O) groups excluding carboxylic acids is 5. The number of ether oxygens (including phenoxy) is 3. The zero-order valence-corrected chi connectivity index (χ0v) is 46.5. The van der Waals surface area contributed by atoms with Crippen molar-refractivity contribution in [2.75, 3.05) is 18.5 Å². The molecule has 15 nitrogen and oxygen atoms in total. The van der Waals surface area contributed by atoms with E-state index < -0.39 is 40.9 Å². The van der Waals surface area contributed by atoms with Crippen LogP contribution >= 0.6 is 0 Å². The molecule has 0 aliphatic heterocycles. The van der Waals surface area contributed by atoms with Crippen molar-refractivity contribution in [3.8, 4) is 5.75 Å². The molecule has 0 bridgehead atoms. The van der Waals surface area contributed by atoms with Crippen molar-refractivity contribution in [2.24, 2.45) is 58.2 Å². The van der Waals surface area contributed by atoms with Gasteiger partial charge in [0.05, 0.1) is 11.0 Å². The standard InChI is InChI=1S/C60H89N5O10/c1-38(2)12-10-13-41(7)49-24-25-50-48-23-16-43-36-47(28-30-59(43,8)51(48)29-31-60(49,50)9)73-33-11-32-61-54(66)26-27-55(67)63-52(34-39(3)4)57(69)64-53(35-40(5)6)56(68)62-44-17-14-42(15-18-44)37-74-58(70)75-46-21-19-45(20-22-46)65(71)72/h14-22,38-41,47-53H,10-13,23-37H2,1-9H3,(H,61,66)(H,62,68)(H,63,67)(H,64,69)/t41-,47?,48+,49-,50+,51+,52+,53+,59+,60-/m1/s1. The maximum atomic E-state index is 13.7. The maximum Gasteiger partial charge on any atom is 0.514 e. The fraction of sp³-hybridized carbons (Fsp3) is 0.683. The molecule has 4 aliphatic carbocycles. The smallest absolute Gasteiger partial charge is 0.429 e. The summed E-state index contributed by atoms with van der Waals surface area (Å²) in [4.78, 5) is 75.8. The number of amides is 4. The monoisotopic (exact) mass is 1040 g/mol. The first-order chi connectivity index (χ1) is 35.6. The molecule has 0 aromatic heterocycles. The van der Waals surface area contributed by atoms with Gasteiger partial charge in [0.2, 0.25) is 23.6 Å². The normalized spacial score (nSPS) is 25.2. The van der Waals surface area contributed by atoms with E-state index in [1.807, 2.05) is 27.7 Å². The second kappa shape index (κ2) is 27.1. The van der Waals surface area contributed by atoms with Crippen LogP contribution in [0.1, 0.15) is 171 Å². The van der Waals surface area contributed by atoms with E-state index in [0.717, 1.165) is 48.3 Å². The lowest BCUT2D eigenvalue weighted by Gasteiger charge is -2.58. The third kappa shape index (κ3) is 16.4. The van der Waals surface area contributed by atoms with E-state index >= 15 is 0 Å². The van der Waals surface area contributed by atoms with Gasteiger partial charge >= 0.3 is 6.16 Å². The number of carbonyl (C=O) groups is 5. The lowest BCUT2D eigenvalue weighted by atomic mass is 9.47. The number of nitrogens with zero attached hydrogens (tertiary/aromatic N) is 1. The van der Waals surface area contributed by atoms with Crippen molar-refractivity contribution in [2.45, 2.75) is 190 Å². The summed E-state index contributed by atoms with van der Waals surface area (Å²) in [6, 6.07) is 9.77. The number of anilines is 1. The molecule has 4 amide bonds. The van der Waals surface area contributed by atoms with Gasteiger partial charge in [-0.25, -0.2) is 4.79 Å². The van der Waals surface area contributed by atoms with E-state index in [1.54, 1.807) is 29.8 Å². The zero-order chi connectivity index (χ0) is 54.5. The van der Waals surface area contributed by atoms with Crippen molar-refractivity contribution in [3.05, 3.63) is 75.9 Å². The summed E-state index contributed by atoms with van der Waals surface area (Å²) in [6.07, 6.45) is 17.3. The first-order valence-corrected chi connectivity index (χ1v) is 28.3. The summed E-state index contributed by atoms with van der Waals surface area (Å²) < 4.78 is 16.7. The van der Waals surface area contributed by atoms with Crippen LogP contribution in [0.15, 0.2) is 60.2 Å². The summed E-state index contributed by atoms with van der Waals surface area (Å²) in [6.45, 7) is 21.2. The van der Waals surface area contributed by atoms with Gasteiger partial charge in [0, 0.05) is 43.8 Å². The van der Waals surface area contributed by atoms with Crippen LogP contribution in [0.4, 0.5) is 16.2 Å². The fourth-order valence-electron chi connectivity index (χ4n) is 13.4. The number of hydrogen-bond acceptors (Lipinski definition) is 10. The Bertz CT molecular complexity index is 2280. The van der Waals surface area contributed by atoms with Gasteiger partial charge in [0.1, 0.15) is 24.4 Å². The molecule has 4 N–H and O–H groups in total. The zero-order valence-electron chi connectivity index (χ0n) is 46.5. The highest BCUT2D eigenvalue weighted by Gasteiger charge is 2.59. The molecule has 3 fully saturated rings. The highest BCUT2D eigenvalue weighted by molar-refractivity contribution is 5.98. The van der Waals surface area contributed by atoms with Crippen LogP contribution in [0.5, 0.6) is 5.75 Å². The number of non-ortho nitro benzene ring substituents is 1. The van der Waals surface area contributed by atoms with Gasteiger partial charge in [-0.1, -0.05) is 105 Å². The molecule has 10 atom stereocenters. The third-order valence-electron chi connectivity index (χ3n) is 17.4. The van der Waals surface area contributed by atoms with Crippen LogP contribution < -0.4 is 26.0 Å². The van der Waals surface area contributed by atoms with E-state index in [9.17, 15) is 34.1 Å². The second-order valence-corrected chi connectivity index (χ2v) is 24.2. The molecular formula is C60H89N5O10. The van der Waals surface area contributed by atoms with Crippen LogP contribution in [0.25, 0.3) is 0 Å². The van der Waals surface area contributed by atoms with E-state index in [2.05, 4.69) is 62.0 Å². The van der Waals surface area contributed by atoms with Gasteiger partial charge in [-0.15, -0.1) is 0 Å². The number of fused-ring (bicyclic) bond motifs is 5. The second-order valence-electron chi connectivity index (χ2n) is 24.2. The van der Waals surface area contributed by atoms with Crippen LogP contribution in [0.3, 0.4) is 0 Å². The van der Waals surface area contributed by atoms with E-state index in [0.29, 0.717) is 49.1 Å².